The van der Waals surface area contributed by atoms with Crippen LogP contribution in [0.4, 0.5) is 0 Å². The largest absolute Gasteiger partial charge is 0 e. The van der Waals surface area contributed by atoms with Crippen LogP contribution in [0, 0.1) is 0 Å². The van der Waals surface area contributed by atoms with Gasteiger partial charge in [-0.15, -0.1) is 0 Å². The summed E-state index contributed by atoms with van der Waals surface area (Å²) in [6.45, 7) is 0. The molecule has 0 aliphatic rings. The van der Waals surface area contributed by atoms with Crippen LogP contribution in [0.25, 0.3) is 0 Å². The normalized spacial score (nSPS) is 0. The first-order valence-electron chi connectivity index (χ1n) is 0. The smallest absolute Gasteiger partial charge is 0 e. The Morgan fingerprint density at radius 2 is 0.154 bits per heavy atom. The predicted molar refractivity (Wildman–Crippen MR) is 46.0 cm³/mol. The van der Waals surface area contributed by atoms with Gasteiger partial charge in [-0.1, -0.05) is 0 Å². The summed E-state index contributed by atoms with van der Waals surface area (Å²) in [7, 11) is 0. The fraction of sp³-hybridized carbons (Fsp3) is 0. The first-order valence-corrected chi connectivity index (χ1v) is 0. The Labute approximate surface area is 226 Å². The van der Waals surface area contributed by atoms with Crippen molar-refractivity contribution in [2.75, 3.05) is 0 Å². The Bertz CT molecular complexity index is 12.5. The number of rotatable bonds is 0. The summed E-state index contributed by atoms with van der Waals surface area (Å²) in [5, 5.41) is 0. The van der Waals surface area contributed by atoms with Crippen LogP contribution in [-0.4, -0.2) is 139 Å². The van der Waals surface area contributed by atoms with Crippen LogP contribution in [0.2, 0.25) is 0 Å². The van der Waals surface area contributed by atoms with Gasteiger partial charge in [-0.3, -0.25) is 0 Å². The van der Waals surface area contributed by atoms with Crippen molar-refractivity contribution in [3.8, 4) is 0 Å². The molecule has 0 aromatic carbocycles. The van der Waals surface area contributed by atoms with Gasteiger partial charge in [-0.25, -0.2) is 0 Å². The van der Waals surface area contributed by atoms with Crippen LogP contribution >= 0.6 is 0 Å². The van der Waals surface area contributed by atoms with Gasteiger partial charge in [-0.2, -0.15) is 0 Å². The zero-order chi connectivity index (χ0) is 0. The molecular weight excluding hydrogens is 471 g/mol. The van der Waals surface area contributed by atoms with Gasteiger partial charge in [0.15, 0.2) is 0 Å². The molecule has 0 heterocycles. The maximum absolute atomic E-state index is 0. The molecule has 0 rings (SSSR count). The summed E-state index contributed by atoms with van der Waals surface area (Å²) < 4.78 is 0. The van der Waals surface area contributed by atoms with Gasteiger partial charge in [0.2, 0.25) is 0 Å². The molecule has 13 heavy (non-hydrogen) atoms. The van der Waals surface area contributed by atoms with E-state index >= 15 is 0 Å². The molecule has 0 atom stereocenters. The SMILES string of the molecule is [Al].[Al].[Al].[Al].[Al].[Al].[Al].[Al].[V].[V].[V].[V].[V]. The van der Waals surface area contributed by atoms with Crippen molar-refractivity contribution in [3.05, 3.63) is 0 Å². The molecule has 0 amide bonds. The van der Waals surface area contributed by atoms with Crippen LogP contribution in [0.5, 0.6) is 0 Å². The molecule has 0 nitrogen and oxygen atoms in total. The third-order valence-corrected chi connectivity index (χ3v) is 0. The zero-order valence-electron chi connectivity index (χ0n) is 6.85. The van der Waals surface area contributed by atoms with Crippen molar-refractivity contribution >= 4 is 139 Å². The van der Waals surface area contributed by atoms with Crippen molar-refractivity contribution in [2.45, 2.75) is 0 Å². The van der Waals surface area contributed by atoms with E-state index in [1.165, 1.54) is 0 Å². The van der Waals surface area contributed by atoms with Gasteiger partial charge in [0.05, 0.1) is 0 Å². The number of hydrogen-bond acceptors (Lipinski definition) is 0. The fourth-order valence-electron chi connectivity index (χ4n) is 0. The maximum Gasteiger partial charge on any atom is 0 e. The molecule has 0 aromatic rings. The van der Waals surface area contributed by atoms with E-state index in [9.17, 15) is 0 Å². The number of hydrogen-bond donors (Lipinski definition) is 0. The molecule has 0 bridgehead atoms. The van der Waals surface area contributed by atoms with Crippen LogP contribution in [0.15, 0.2) is 0 Å². The monoisotopic (exact) mass is 471 g/mol. The van der Waals surface area contributed by atoms with E-state index < -0.39 is 0 Å². The predicted octanol–water partition coefficient (Wildman–Crippen LogP) is -3.06. The van der Waals surface area contributed by atoms with Gasteiger partial charge in [0.25, 0.3) is 0 Å². The topological polar surface area (TPSA) is 0 Å². The van der Waals surface area contributed by atoms with E-state index in [0.717, 1.165) is 0 Å². The minimum absolute atomic E-state index is 0. The Morgan fingerprint density at radius 3 is 0.154 bits per heavy atom. The van der Waals surface area contributed by atoms with E-state index in [4.69, 9.17) is 0 Å². The molecule has 0 aliphatic carbocycles. The summed E-state index contributed by atoms with van der Waals surface area (Å²) in [6.07, 6.45) is 0. The van der Waals surface area contributed by atoms with Gasteiger partial charge in [-0.05, 0) is 0 Å². The molecule has 0 unspecified atom stereocenters. The fourth-order valence-corrected chi connectivity index (χ4v) is 0. The maximum atomic E-state index is 0. The summed E-state index contributed by atoms with van der Waals surface area (Å²) in [5.74, 6) is 0. The second-order valence-corrected chi connectivity index (χ2v) is 0. The minimum Gasteiger partial charge on any atom is 0 e. The molecule has 13 heteroatoms. The third-order valence-electron chi connectivity index (χ3n) is 0. The van der Waals surface area contributed by atoms with Crippen molar-refractivity contribution in [3.63, 3.8) is 0 Å². The van der Waals surface area contributed by atoms with E-state index in [1.807, 2.05) is 0 Å². The van der Waals surface area contributed by atoms with Crippen molar-refractivity contribution in [1.82, 2.24) is 0 Å². The molecule has 0 N–H and O–H groups in total. The summed E-state index contributed by atoms with van der Waals surface area (Å²) >= 11 is 0. The summed E-state index contributed by atoms with van der Waals surface area (Å²) in [4.78, 5) is 0. The van der Waals surface area contributed by atoms with E-state index in [0.29, 0.717) is 0 Å². The van der Waals surface area contributed by atoms with Gasteiger partial charge < -0.3 is 0 Å². The Hall–Kier alpha value is 7.18. The molecule has 0 saturated carbocycles. The first kappa shape index (κ1) is 144. The molecule has 29 radical (unpaired) electrons. The van der Waals surface area contributed by atoms with Crippen molar-refractivity contribution in [1.29, 1.82) is 0 Å². The molecule has 49 valence electrons. The standard InChI is InChI=1S/8Al.5V. The molecule has 0 aromatic heterocycles. The van der Waals surface area contributed by atoms with E-state index in [2.05, 4.69) is 0 Å². The molecule has 0 fully saturated rings. The Kier molecular flexibility index (Phi) is 1360. The van der Waals surface area contributed by atoms with E-state index in [1.54, 1.807) is 0 Å². The summed E-state index contributed by atoms with van der Waals surface area (Å²) in [5.41, 5.74) is 0. The van der Waals surface area contributed by atoms with Crippen LogP contribution < -0.4 is 0 Å². The van der Waals surface area contributed by atoms with Crippen molar-refractivity contribution in [2.24, 2.45) is 0 Å². The molecular formula is Al8V5. The molecule has 0 aliphatic heterocycles. The zero-order valence-corrected chi connectivity index (χ0v) is 23.1. The van der Waals surface area contributed by atoms with Crippen LogP contribution in [0.3, 0.4) is 0 Å². The van der Waals surface area contributed by atoms with Crippen LogP contribution in [0.1, 0.15) is 0 Å². The molecule has 0 spiro atoms. The Morgan fingerprint density at radius 1 is 0.154 bits per heavy atom. The van der Waals surface area contributed by atoms with Gasteiger partial charge in [0.1, 0.15) is 0 Å². The van der Waals surface area contributed by atoms with Crippen molar-refractivity contribution < 1.29 is 92.8 Å². The minimum atomic E-state index is 0. The first-order chi connectivity index (χ1) is 0. The van der Waals surface area contributed by atoms with E-state index in [-0.39, 0.29) is 232 Å². The summed E-state index contributed by atoms with van der Waals surface area (Å²) in [6, 6.07) is 0. The van der Waals surface area contributed by atoms with Gasteiger partial charge >= 0.3 is 0 Å². The second-order valence-electron chi connectivity index (χ2n) is 0. The molecule has 0 saturated heterocycles. The third kappa shape index (κ3) is 110. The Balaban J connectivity index is 0. The average Bonchev–Trinajstić information content (AvgIpc) is 0. The quantitative estimate of drug-likeness (QED) is 0.330. The average molecular weight is 471 g/mol. The van der Waals surface area contributed by atoms with Gasteiger partial charge in [0, 0.05) is 232 Å². The second kappa shape index (κ2) is 123. The van der Waals surface area contributed by atoms with Crippen LogP contribution in [-0.2, 0) is 92.8 Å².